The van der Waals surface area contributed by atoms with E-state index in [1.54, 1.807) is 0 Å². The van der Waals surface area contributed by atoms with Gasteiger partial charge in [0.05, 0.1) is 6.17 Å². The molecule has 0 aromatic carbocycles. The van der Waals surface area contributed by atoms with E-state index in [1.165, 1.54) is 51.7 Å². The Balaban J connectivity index is 1.58. The standard InChI is InChI=1S/C12H23N3/c1-10-6-8-15(13-10)12-3-2-7-14(12)9-11-4-5-11/h10-13H,2-9H2,1H3/t10?,12-/m1/s1. The molecular formula is C12H23N3. The van der Waals surface area contributed by atoms with E-state index < -0.39 is 0 Å². The average molecular weight is 209 g/mol. The highest BCUT2D eigenvalue weighted by Crippen LogP contribution is 2.33. The first-order valence-corrected chi connectivity index (χ1v) is 6.60. The van der Waals surface area contributed by atoms with Crippen molar-refractivity contribution in [3.05, 3.63) is 0 Å². The van der Waals surface area contributed by atoms with E-state index in [-0.39, 0.29) is 0 Å². The van der Waals surface area contributed by atoms with Crippen molar-refractivity contribution >= 4 is 0 Å². The molecule has 0 bridgehead atoms. The molecule has 1 N–H and O–H groups in total. The van der Waals surface area contributed by atoms with Crippen LogP contribution >= 0.6 is 0 Å². The largest absolute Gasteiger partial charge is 0.287 e. The second-order valence-electron chi connectivity index (χ2n) is 5.57. The highest BCUT2D eigenvalue weighted by Gasteiger charge is 2.36. The van der Waals surface area contributed by atoms with Gasteiger partial charge in [0.15, 0.2) is 0 Å². The van der Waals surface area contributed by atoms with Gasteiger partial charge in [0.25, 0.3) is 0 Å². The van der Waals surface area contributed by atoms with Crippen molar-refractivity contribution in [2.24, 2.45) is 5.92 Å². The summed E-state index contributed by atoms with van der Waals surface area (Å²) in [7, 11) is 0. The van der Waals surface area contributed by atoms with Crippen LogP contribution in [0, 0.1) is 5.92 Å². The molecule has 0 aromatic rings. The van der Waals surface area contributed by atoms with Crippen LogP contribution in [-0.4, -0.2) is 41.8 Å². The Morgan fingerprint density at radius 2 is 2.00 bits per heavy atom. The second kappa shape index (κ2) is 4.04. The fourth-order valence-electron chi connectivity index (χ4n) is 2.99. The summed E-state index contributed by atoms with van der Waals surface area (Å²) in [6, 6.07) is 0.688. The van der Waals surface area contributed by atoms with Crippen LogP contribution in [0.15, 0.2) is 0 Å². The number of likely N-dealkylation sites (tertiary alicyclic amines) is 1. The van der Waals surface area contributed by atoms with E-state index in [0.717, 1.165) is 5.92 Å². The maximum Gasteiger partial charge on any atom is 0.0758 e. The minimum absolute atomic E-state index is 0.688. The lowest BCUT2D eigenvalue weighted by Gasteiger charge is -2.32. The third kappa shape index (κ3) is 2.19. The van der Waals surface area contributed by atoms with Gasteiger partial charge in [-0.1, -0.05) is 0 Å². The molecule has 0 spiro atoms. The molecule has 2 heterocycles. The summed E-state index contributed by atoms with van der Waals surface area (Å²) < 4.78 is 0. The van der Waals surface area contributed by atoms with Crippen molar-refractivity contribution in [1.82, 2.24) is 15.3 Å². The van der Waals surface area contributed by atoms with Crippen molar-refractivity contribution in [3.8, 4) is 0 Å². The van der Waals surface area contributed by atoms with Gasteiger partial charge in [0.2, 0.25) is 0 Å². The Hall–Kier alpha value is -0.120. The van der Waals surface area contributed by atoms with Gasteiger partial charge in [-0.05, 0) is 51.5 Å². The normalized spacial score (nSPS) is 39.0. The predicted octanol–water partition coefficient (Wildman–Crippen LogP) is 1.42. The van der Waals surface area contributed by atoms with Crippen LogP contribution in [0.5, 0.6) is 0 Å². The Kier molecular flexibility index (Phi) is 2.71. The number of hydrogen-bond donors (Lipinski definition) is 1. The fraction of sp³-hybridized carbons (Fsp3) is 1.00. The molecule has 3 nitrogen and oxygen atoms in total. The average Bonchev–Trinajstić information content (AvgIpc) is 2.73. The van der Waals surface area contributed by atoms with Crippen molar-refractivity contribution in [3.63, 3.8) is 0 Å². The molecule has 1 aliphatic carbocycles. The number of rotatable bonds is 3. The van der Waals surface area contributed by atoms with Gasteiger partial charge < -0.3 is 0 Å². The first-order chi connectivity index (χ1) is 7.33. The molecule has 3 heteroatoms. The maximum absolute atomic E-state index is 3.61. The number of hydrogen-bond acceptors (Lipinski definition) is 3. The minimum Gasteiger partial charge on any atom is -0.287 e. The lowest BCUT2D eigenvalue weighted by molar-refractivity contribution is 0.0513. The first kappa shape index (κ1) is 10.1. The summed E-state index contributed by atoms with van der Waals surface area (Å²) in [6.45, 7) is 6.22. The topological polar surface area (TPSA) is 18.5 Å². The van der Waals surface area contributed by atoms with Gasteiger partial charge in [-0.2, -0.15) is 0 Å². The van der Waals surface area contributed by atoms with Crippen LogP contribution < -0.4 is 5.43 Å². The SMILES string of the molecule is CC1CCN([C@@H]2CCCN2CC2CC2)N1. The zero-order valence-corrected chi connectivity index (χ0v) is 9.78. The maximum atomic E-state index is 3.61. The Morgan fingerprint density at radius 1 is 1.13 bits per heavy atom. The van der Waals surface area contributed by atoms with Crippen molar-refractivity contribution in [1.29, 1.82) is 0 Å². The summed E-state index contributed by atoms with van der Waals surface area (Å²) in [5, 5.41) is 2.50. The quantitative estimate of drug-likeness (QED) is 0.758. The molecule has 3 rings (SSSR count). The summed E-state index contributed by atoms with van der Waals surface area (Å²) in [4.78, 5) is 2.71. The Bertz CT molecular complexity index is 227. The molecule has 0 aromatic heterocycles. The smallest absolute Gasteiger partial charge is 0.0758 e. The number of nitrogens with one attached hydrogen (secondary N) is 1. The molecule has 1 unspecified atom stereocenters. The summed E-state index contributed by atoms with van der Waals surface area (Å²) in [5.41, 5.74) is 3.61. The van der Waals surface area contributed by atoms with Crippen molar-refractivity contribution < 1.29 is 0 Å². The first-order valence-electron chi connectivity index (χ1n) is 6.60. The fourth-order valence-corrected chi connectivity index (χ4v) is 2.99. The predicted molar refractivity (Wildman–Crippen MR) is 61.2 cm³/mol. The highest BCUT2D eigenvalue weighted by atomic mass is 15.6. The van der Waals surface area contributed by atoms with Gasteiger partial charge in [0, 0.05) is 19.1 Å². The van der Waals surface area contributed by atoms with Gasteiger partial charge in [-0.15, -0.1) is 0 Å². The zero-order valence-electron chi connectivity index (χ0n) is 9.78. The van der Waals surface area contributed by atoms with Crippen LogP contribution in [0.2, 0.25) is 0 Å². The zero-order chi connectivity index (χ0) is 10.3. The molecule has 2 saturated heterocycles. The van der Waals surface area contributed by atoms with Gasteiger partial charge >= 0.3 is 0 Å². The third-order valence-corrected chi connectivity index (χ3v) is 4.07. The molecule has 2 atom stereocenters. The number of hydrazine groups is 1. The van der Waals surface area contributed by atoms with Crippen molar-refractivity contribution in [2.75, 3.05) is 19.6 Å². The van der Waals surface area contributed by atoms with Crippen LogP contribution in [-0.2, 0) is 0 Å². The van der Waals surface area contributed by atoms with E-state index in [1.807, 2.05) is 0 Å². The molecular weight excluding hydrogens is 186 g/mol. The van der Waals surface area contributed by atoms with Gasteiger partial charge in [0.1, 0.15) is 0 Å². The molecule has 3 fully saturated rings. The van der Waals surface area contributed by atoms with Crippen molar-refractivity contribution in [2.45, 2.75) is 51.2 Å². The number of nitrogens with zero attached hydrogens (tertiary/aromatic N) is 2. The molecule has 3 aliphatic rings. The van der Waals surface area contributed by atoms with Gasteiger partial charge in [-0.3, -0.25) is 10.3 Å². The van der Waals surface area contributed by atoms with E-state index in [0.29, 0.717) is 12.2 Å². The molecule has 2 aliphatic heterocycles. The molecule has 1 saturated carbocycles. The van der Waals surface area contributed by atoms with E-state index in [9.17, 15) is 0 Å². The van der Waals surface area contributed by atoms with E-state index >= 15 is 0 Å². The lowest BCUT2D eigenvalue weighted by atomic mass is 10.3. The molecule has 0 radical (unpaired) electrons. The van der Waals surface area contributed by atoms with Gasteiger partial charge in [-0.25, -0.2) is 5.01 Å². The van der Waals surface area contributed by atoms with Crippen LogP contribution in [0.3, 0.4) is 0 Å². The highest BCUT2D eigenvalue weighted by molar-refractivity contribution is 4.86. The van der Waals surface area contributed by atoms with E-state index in [4.69, 9.17) is 0 Å². The van der Waals surface area contributed by atoms with Crippen LogP contribution in [0.25, 0.3) is 0 Å². The summed E-state index contributed by atoms with van der Waals surface area (Å²) in [6.07, 6.45) is 7.74. The molecule has 86 valence electrons. The summed E-state index contributed by atoms with van der Waals surface area (Å²) in [5.74, 6) is 1.03. The third-order valence-electron chi connectivity index (χ3n) is 4.07. The van der Waals surface area contributed by atoms with E-state index in [2.05, 4.69) is 22.3 Å². The lowest BCUT2D eigenvalue weighted by Crippen LogP contribution is -2.49. The second-order valence-corrected chi connectivity index (χ2v) is 5.57. The Morgan fingerprint density at radius 3 is 2.67 bits per heavy atom. The monoisotopic (exact) mass is 209 g/mol. The molecule has 0 amide bonds. The Labute approximate surface area is 92.8 Å². The summed E-state index contributed by atoms with van der Waals surface area (Å²) >= 11 is 0. The van der Waals surface area contributed by atoms with Crippen LogP contribution in [0.1, 0.15) is 39.0 Å². The minimum atomic E-state index is 0.688. The van der Waals surface area contributed by atoms with Crippen LogP contribution in [0.4, 0.5) is 0 Å². The molecule has 15 heavy (non-hydrogen) atoms.